The monoisotopic (exact) mass is 708 g/mol. The smallest absolute Gasteiger partial charge is 0.335 e. The lowest BCUT2D eigenvalue weighted by atomic mass is 10.1. The molecule has 1 N–H and O–H groups in total. The zero-order chi connectivity index (χ0) is 22.8. The minimum absolute atomic E-state index is 0. The van der Waals surface area contributed by atoms with E-state index in [1.54, 1.807) is 18.2 Å². The van der Waals surface area contributed by atoms with Crippen LogP contribution in [0.25, 0.3) is 0 Å². The fourth-order valence-corrected chi connectivity index (χ4v) is 4.10. The molecule has 0 bridgehead atoms. The summed E-state index contributed by atoms with van der Waals surface area (Å²) >= 11 is 13.6. The van der Waals surface area contributed by atoms with Crippen LogP contribution in [-0.2, 0) is 5.33 Å². The van der Waals surface area contributed by atoms with Crippen molar-refractivity contribution in [3.8, 4) is 0 Å². The molecule has 33 heavy (non-hydrogen) atoms. The largest absolute Gasteiger partial charge is 0.478 e. The van der Waals surface area contributed by atoms with E-state index < -0.39 is 5.97 Å². The summed E-state index contributed by atoms with van der Waals surface area (Å²) in [7, 11) is 0. The van der Waals surface area contributed by atoms with E-state index in [1.165, 1.54) is 31.2 Å². The molecule has 0 atom stereocenters. The molecule has 0 saturated heterocycles. The zero-order valence-corrected chi connectivity index (χ0v) is 23.6. The number of hydrogen-bond acceptors (Lipinski definition) is 1. The summed E-state index contributed by atoms with van der Waals surface area (Å²) in [5.74, 6) is -0.888. The number of benzene rings is 3. The zero-order valence-electron chi connectivity index (χ0n) is 17.3. The van der Waals surface area contributed by atoms with E-state index in [0.29, 0.717) is 5.56 Å². The Morgan fingerprint density at radius 3 is 1.48 bits per heavy atom. The average molecular weight is 712 g/mol. The standard InChI is InChI=1S/C8H8Br2.C8H7BrO2.C8H9Br.3CH4/c1-6-2-3-8(10)7(4-6)5-9;1-5-4-6(8(10)11)2-3-7(5)9;1-6-3-4-8(9)7(2)5-6;;;/h2-4H,5H2,1H3;2-4H,1H3,(H,10,11);3-5H,1-2H3;3*1H4. The molecule has 2 nitrogen and oxygen atoms in total. The van der Waals surface area contributed by atoms with E-state index >= 15 is 0 Å². The number of carbonyl (C=O) groups is 1. The molecule has 0 saturated carbocycles. The molecule has 0 fully saturated rings. The number of carboxylic acid groups (broad SMARTS) is 1. The predicted molar refractivity (Wildman–Crippen MR) is 161 cm³/mol. The van der Waals surface area contributed by atoms with Crippen molar-refractivity contribution in [3.05, 3.63) is 101 Å². The van der Waals surface area contributed by atoms with Gasteiger partial charge in [-0.2, -0.15) is 0 Å². The highest BCUT2D eigenvalue weighted by molar-refractivity contribution is 9.11. The Hall–Kier alpha value is -0.950. The molecule has 0 aliphatic rings. The molecule has 0 aromatic heterocycles. The van der Waals surface area contributed by atoms with Gasteiger partial charge in [0.25, 0.3) is 0 Å². The number of aryl methyl sites for hydroxylation is 4. The van der Waals surface area contributed by atoms with Gasteiger partial charge in [0.1, 0.15) is 0 Å². The second kappa shape index (κ2) is 18.4. The normalized spacial score (nSPS) is 8.85. The highest BCUT2D eigenvalue weighted by atomic mass is 79.9. The maximum atomic E-state index is 10.4. The summed E-state index contributed by atoms with van der Waals surface area (Å²) in [4.78, 5) is 10.4. The van der Waals surface area contributed by atoms with E-state index in [1.807, 2.05) is 6.92 Å². The second-order valence-corrected chi connectivity index (χ2v) is 9.87. The van der Waals surface area contributed by atoms with Gasteiger partial charge in [-0.3, -0.25) is 0 Å². The van der Waals surface area contributed by atoms with E-state index in [2.05, 4.69) is 121 Å². The van der Waals surface area contributed by atoms with E-state index in [4.69, 9.17) is 5.11 Å². The third-order valence-corrected chi connectivity index (χ3v) is 7.22. The van der Waals surface area contributed by atoms with Crippen molar-refractivity contribution in [2.45, 2.75) is 55.3 Å². The molecule has 0 spiro atoms. The molecular weight excluding hydrogens is 676 g/mol. The summed E-state index contributed by atoms with van der Waals surface area (Å²) in [6, 6.07) is 17.6. The number of alkyl halides is 1. The van der Waals surface area contributed by atoms with Crippen LogP contribution in [0.15, 0.2) is 68.0 Å². The summed E-state index contributed by atoms with van der Waals surface area (Å²) in [5, 5.41) is 9.50. The van der Waals surface area contributed by atoms with Crippen molar-refractivity contribution in [1.29, 1.82) is 0 Å². The fourth-order valence-electron chi connectivity index (χ4n) is 2.38. The minimum atomic E-state index is -0.888. The molecule has 184 valence electrons. The topological polar surface area (TPSA) is 37.3 Å². The van der Waals surface area contributed by atoms with Crippen LogP contribution < -0.4 is 0 Å². The summed E-state index contributed by atoms with van der Waals surface area (Å²) in [6.45, 7) is 8.14. The van der Waals surface area contributed by atoms with Gasteiger partial charge in [0.15, 0.2) is 0 Å². The SMILES string of the molecule is C.C.C.Cc1cc(C(=O)O)ccc1Br.Cc1ccc(Br)c(C)c1.Cc1ccc(Br)c(CBr)c1. The molecule has 3 aromatic rings. The van der Waals surface area contributed by atoms with Crippen LogP contribution >= 0.6 is 63.7 Å². The first-order chi connectivity index (χ1) is 14.0. The van der Waals surface area contributed by atoms with Crippen LogP contribution in [0.2, 0.25) is 0 Å². The number of rotatable bonds is 2. The van der Waals surface area contributed by atoms with E-state index in [9.17, 15) is 4.79 Å². The Bertz CT molecular complexity index is 1000. The molecule has 0 aliphatic heterocycles. The van der Waals surface area contributed by atoms with Crippen LogP contribution in [0.1, 0.15) is 60.5 Å². The maximum Gasteiger partial charge on any atom is 0.335 e. The Morgan fingerprint density at radius 1 is 0.697 bits per heavy atom. The molecular formula is C27H36Br4O2. The Kier molecular flexibility index (Phi) is 20.4. The van der Waals surface area contributed by atoms with Crippen LogP contribution in [0.4, 0.5) is 0 Å². The first-order valence-corrected chi connectivity index (χ1v) is 12.6. The van der Waals surface area contributed by atoms with Gasteiger partial charge in [0.05, 0.1) is 5.56 Å². The summed E-state index contributed by atoms with van der Waals surface area (Å²) < 4.78 is 3.30. The molecule has 3 aromatic carbocycles. The van der Waals surface area contributed by atoms with Crippen molar-refractivity contribution >= 4 is 69.7 Å². The number of halogens is 4. The lowest BCUT2D eigenvalue weighted by Gasteiger charge is -1.99. The number of hydrogen-bond donors (Lipinski definition) is 1. The second-order valence-electron chi connectivity index (χ2n) is 6.75. The molecule has 0 aliphatic carbocycles. The van der Waals surface area contributed by atoms with Crippen LogP contribution in [0.5, 0.6) is 0 Å². The Balaban J connectivity index is -0.000000393. The Labute approximate surface area is 234 Å². The predicted octanol–water partition coefficient (Wildman–Crippen LogP) is 11.1. The summed E-state index contributed by atoms with van der Waals surface area (Å²) in [5.41, 5.74) is 6.49. The lowest BCUT2D eigenvalue weighted by molar-refractivity contribution is 0.0696. The van der Waals surface area contributed by atoms with Gasteiger partial charge < -0.3 is 5.11 Å². The average Bonchev–Trinajstić information content (AvgIpc) is 2.70. The fraction of sp³-hybridized carbons (Fsp3) is 0.296. The maximum absolute atomic E-state index is 10.4. The van der Waals surface area contributed by atoms with Gasteiger partial charge in [-0.1, -0.05) is 121 Å². The van der Waals surface area contributed by atoms with Gasteiger partial charge in [-0.25, -0.2) is 4.79 Å². The van der Waals surface area contributed by atoms with Gasteiger partial charge in [-0.15, -0.1) is 0 Å². The third kappa shape index (κ3) is 13.5. The quantitative estimate of drug-likeness (QED) is 0.269. The summed E-state index contributed by atoms with van der Waals surface area (Å²) in [6.07, 6.45) is 0. The van der Waals surface area contributed by atoms with Crippen LogP contribution in [0, 0.1) is 27.7 Å². The first-order valence-electron chi connectivity index (χ1n) is 9.08. The van der Waals surface area contributed by atoms with Gasteiger partial charge in [-0.05, 0) is 74.7 Å². The van der Waals surface area contributed by atoms with Crippen LogP contribution in [0.3, 0.4) is 0 Å². The van der Waals surface area contributed by atoms with Crippen LogP contribution in [-0.4, -0.2) is 11.1 Å². The van der Waals surface area contributed by atoms with Crippen molar-refractivity contribution in [2.24, 2.45) is 0 Å². The number of aromatic carboxylic acids is 1. The molecule has 0 unspecified atom stereocenters. The van der Waals surface area contributed by atoms with Crippen molar-refractivity contribution < 1.29 is 9.90 Å². The molecule has 0 amide bonds. The number of carboxylic acids is 1. The highest BCUT2D eigenvalue weighted by Gasteiger charge is 2.03. The van der Waals surface area contributed by atoms with Crippen molar-refractivity contribution in [3.63, 3.8) is 0 Å². The minimum Gasteiger partial charge on any atom is -0.478 e. The third-order valence-electron chi connectivity index (χ3n) is 4.06. The Morgan fingerprint density at radius 2 is 1.12 bits per heavy atom. The lowest BCUT2D eigenvalue weighted by Crippen LogP contribution is -1.95. The van der Waals surface area contributed by atoms with Gasteiger partial charge >= 0.3 is 5.97 Å². The van der Waals surface area contributed by atoms with Gasteiger partial charge in [0, 0.05) is 18.7 Å². The van der Waals surface area contributed by atoms with Gasteiger partial charge in [0.2, 0.25) is 0 Å². The molecule has 0 heterocycles. The van der Waals surface area contributed by atoms with Crippen molar-refractivity contribution in [2.75, 3.05) is 0 Å². The van der Waals surface area contributed by atoms with Crippen molar-refractivity contribution in [1.82, 2.24) is 0 Å². The van der Waals surface area contributed by atoms with E-state index in [-0.39, 0.29) is 22.3 Å². The van der Waals surface area contributed by atoms with E-state index in [0.717, 1.165) is 15.4 Å². The molecule has 3 rings (SSSR count). The first kappa shape index (κ1) is 36.6. The molecule has 6 heteroatoms. The highest BCUT2D eigenvalue weighted by Crippen LogP contribution is 2.20. The molecule has 0 radical (unpaired) electrons.